The summed E-state index contributed by atoms with van der Waals surface area (Å²) in [5.41, 5.74) is 1.73. The van der Waals surface area contributed by atoms with Gasteiger partial charge in [-0.15, -0.1) is 0 Å². The molecular weight excluding hydrogens is 366 g/mol. The van der Waals surface area contributed by atoms with Crippen molar-refractivity contribution in [2.45, 2.75) is 20.0 Å². The fourth-order valence-electron chi connectivity index (χ4n) is 2.51. The molecule has 6 heteroatoms. The molecule has 3 rings (SSSR count). The van der Waals surface area contributed by atoms with Gasteiger partial charge in [0.15, 0.2) is 0 Å². The molecule has 140 valence electrons. The van der Waals surface area contributed by atoms with E-state index in [0.717, 1.165) is 17.7 Å². The van der Waals surface area contributed by atoms with E-state index in [-0.39, 0.29) is 12.5 Å². The number of aliphatic hydroxyl groups excluding tert-OH is 1. The number of hydrogen-bond acceptors (Lipinski definition) is 4. The van der Waals surface area contributed by atoms with E-state index in [9.17, 15) is 4.79 Å². The maximum absolute atomic E-state index is 12.5. The van der Waals surface area contributed by atoms with Gasteiger partial charge in [-0.1, -0.05) is 18.5 Å². The van der Waals surface area contributed by atoms with Crippen LogP contribution in [-0.4, -0.2) is 17.6 Å². The highest BCUT2D eigenvalue weighted by molar-refractivity contribution is 6.34. The normalized spacial score (nSPS) is 10.6. The van der Waals surface area contributed by atoms with Crippen molar-refractivity contribution in [3.05, 3.63) is 70.9 Å². The average molecular weight is 386 g/mol. The van der Waals surface area contributed by atoms with Crippen molar-refractivity contribution in [3.63, 3.8) is 0 Å². The smallest absolute Gasteiger partial charge is 0.255 e. The zero-order chi connectivity index (χ0) is 19.2. The van der Waals surface area contributed by atoms with Gasteiger partial charge in [-0.3, -0.25) is 4.79 Å². The summed E-state index contributed by atoms with van der Waals surface area (Å²) in [6.45, 7) is 2.50. The molecule has 0 saturated heterocycles. The number of rotatable bonds is 7. The van der Waals surface area contributed by atoms with Crippen molar-refractivity contribution < 1.29 is 19.1 Å². The lowest BCUT2D eigenvalue weighted by Crippen LogP contribution is -2.12. The molecule has 0 fully saturated rings. The third-order valence-corrected chi connectivity index (χ3v) is 4.24. The molecule has 5 nitrogen and oxygen atoms in total. The molecule has 0 saturated carbocycles. The molecule has 0 bridgehead atoms. The molecule has 0 aliphatic heterocycles. The van der Waals surface area contributed by atoms with E-state index in [0.29, 0.717) is 34.4 Å². The van der Waals surface area contributed by atoms with Crippen LogP contribution in [-0.2, 0) is 6.61 Å². The predicted octanol–water partition coefficient (Wildman–Crippen LogP) is 5.13. The number of amides is 1. The fraction of sp³-hybridized carbons (Fsp3) is 0.190. The van der Waals surface area contributed by atoms with Gasteiger partial charge in [-0.2, -0.15) is 0 Å². The zero-order valence-electron chi connectivity index (χ0n) is 14.9. The Morgan fingerprint density at radius 1 is 1.15 bits per heavy atom. The molecule has 1 heterocycles. The van der Waals surface area contributed by atoms with E-state index in [1.807, 2.05) is 6.92 Å². The van der Waals surface area contributed by atoms with Gasteiger partial charge in [0.05, 0.1) is 17.3 Å². The Morgan fingerprint density at radius 3 is 2.59 bits per heavy atom. The van der Waals surface area contributed by atoms with E-state index in [1.165, 1.54) is 0 Å². The Morgan fingerprint density at radius 2 is 1.93 bits per heavy atom. The summed E-state index contributed by atoms with van der Waals surface area (Å²) in [5, 5.41) is 12.4. The first kappa shape index (κ1) is 19.0. The molecule has 3 aromatic rings. The summed E-state index contributed by atoms with van der Waals surface area (Å²) >= 11 is 6.22. The minimum atomic E-state index is -0.272. The van der Waals surface area contributed by atoms with Crippen LogP contribution in [0.2, 0.25) is 5.02 Å². The van der Waals surface area contributed by atoms with Gasteiger partial charge < -0.3 is 19.6 Å². The molecule has 1 aromatic heterocycles. The fourth-order valence-corrected chi connectivity index (χ4v) is 2.67. The van der Waals surface area contributed by atoms with Crippen molar-refractivity contribution in [2.75, 3.05) is 11.9 Å². The van der Waals surface area contributed by atoms with Crippen LogP contribution in [0.25, 0.3) is 11.3 Å². The van der Waals surface area contributed by atoms with Crippen molar-refractivity contribution in [3.8, 4) is 17.1 Å². The third kappa shape index (κ3) is 4.70. The molecule has 27 heavy (non-hydrogen) atoms. The Labute approximate surface area is 162 Å². The Bertz CT molecular complexity index is 918. The zero-order valence-corrected chi connectivity index (χ0v) is 15.6. The summed E-state index contributed by atoms with van der Waals surface area (Å²) in [6.07, 6.45) is 0.923. The summed E-state index contributed by atoms with van der Waals surface area (Å²) in [5.74, 6) is 1.51. The molecule has 0 unspecified atom stereocenters. The SMILES string of the molecule is CCCOc1ccc(C(=O)Nc2cc(-c3ccc(CO)o3)ccc2Cl)cc1. The van der Waals surface area contributed by atoms with Gasteiger partial charge in [0.1, 0.15) is 23.9 Å². The van der Waals surface area contributed by atoms with E-state index in [2.05, 4.69) is 5.32 Å². The van der Waals surface area contributed by atoms with E-state index < -0.39 is 0 Å². The van der Waals surface area contributed by atoms with Crippen LogP contribution in [0.3, 0.4) is 0 Å². The van der Waals surface area contributed by atoms with Crippen molar-refractivity contribution in [2.24, 2.45) is 0 Å². The summed E-state index contributed by atoms with van der Waals surface area (Å²) in [6, 6.07) is 15.6. The number of anilines is 1. The number of aliphatic hydroxyl groups is 1. The van der Waals surface area contributed by atoms with Crippen LogP contribution in [0.15, 0.2) is 59.0 Å². The molecular formula is C21H20ClNO4. The van der Waals surface area contributed by atoms with Crippen LogP contribution in [0.4, 0.5) is 5.69 Å². The van der Waals surface area contributed by atoms with Crippen LogP contribution >= 0.6 is 11.6 Å². The number of benzene rings is 2. The van der Waals surface area contributed by atoms with E-state index >= 15 is 0 Å². The van der Waals surface area contributed by atoms with Crippen LogP contribution in [0, 0.1) is 0 Å². The Balaban J connectivity index is 1.76. The number of carbonyl (C=O) groups is 1. The number of halogens is 1. The van der Waals surface area contributed by atoms with Gasteiger partial charge in [0.25, 0.3) is 5.91 Å². The van der Waals surface area contributed by atoms with E-state index in [1.54, 1.807) is 54.6 Å². The van der Waals surface area contributed by atoms with Gasteiger partial charge in [-0.05, 0) is 61.0 Å². The van der Waals surface area contributed by atoms with Crippen LogP contribution < -0.4 is 10.1 Å². The summed E-state index contributed by atoms with van der Waals surface area (Å²) in [7, 11) is 0. The van der Waals surface area contributed by atoms with Crippen molar-refractivity contribution >= 4 is 23.2 Å². The molecule has 0 atom stereocenters. The number of carbonyl (C=O) groups excluding carboxylic acids is 1. The monoisotopic (exact) mass is 385 g/mol. The summed E-state index contributed by atoms with van der Waals surface area (Å²) in [4.78, 5) is 12.5. The first-order valence-corrected chi connectivity index (χ1v) is 9.02. The van der Waals surface area contributed by atoms with Crippen molar-refractivity contribution in [1.82, 2.24) is 0 Å². The van der Waals surface area contributed by atoms with Gasteiger partial charge in [-0.25, -0.2) is 0 Å². The molecule has 0 aliphatic carbocycles. The highest BCUT2D eigenvalue weighted by Gasteiger charge is 2.12. The average Bonchev–Trinajstić information content (AvgIpc) is 3.17. The highest BCUT2D eigenvalue weighted by Crippen LogP contribution is 2.30. The molecule has 0 spiro atoms. The van der Waals surface area contributed by atoms with Gasteiger partial charge in [0.2, 0.25) is 0 Å². The number of furan rings is 1. The number of nitrogens with one attached hydrogen (secondary N) is 1. The highest BCUT2D eigenvalue weighted by atomic mass is 35.5. The topological polar surface area (TPSA) is 71.7 Å². The van der Waals surface area contributed by atoms with Crippen molar-refractivity contribution in [1.29, 1.82) is 0 Å². The van der Waals surface area contributed by atoms with Gasteiger partial charge >= 0.3 is 0 Å². The van der Waals surface area contributed by atoms with Gasteiger partial charge in [0, 0.05) is 11.1 Å². The molecule has 1 amide bonds. The first-order chi connectivity index (χ1) is 13.1. The summed E-state index contributed by atoms with van der Waals surface area (Å²) < 4.78 is 11.1. The lowest BCUT2D eigenvalue weighted by atomic mass is 10.1. The van der Waals surface area contributed by atoms with Crippen LogP contribution in [0.5, 0.6) is 5.75 Å². The lowest BCUT2D eigenvalue weighted by molar-refractivity contribution is 0.102. The standard InChI is InChI=1S/C21H20ClNO4/c1-2-11-26-16-6-3-14(4-7-16)21(25)23-19-12-15(5-9-18(19)22)20-10-8-17(13-24)27-20/h3-10,12,24H,2,11,13H2,1H3,(H,23,25). The number of ether oxygens (including phenoxy) is 1. The molecule has 2 N–H and O–H groups in total. The molecule has 2 aromatic carbocycles. The maximum Gasteiger partial charge on any atom is 0.255 e. The largest absolute Gasteiger partial charge is 0.494 e. The van der Waals surface area contributed by atoms with Crippen LogP contribution in [0.1, 0.15) is 29.5 Å². The molecule has 0 radical (unpaired) electrons. The second-order valence-electron chi connectivity index (χ2n) is 5.95. The first-order valence-electron chi connectivity index (χ1n) is 8.64. The second-order valence-corrected chi connectivity index (χ2v) is 6.35. The second kappa shape index (κ2) is 8.75. The maximum atomic E-state index is 12.5. The minimum absolute atomic E-state index is 0.171. The third-order valence-electron chi connectivity index (χ3n) is 3.91. The van der Waals surface area contributed by atoms with E-state index in [4.69, 9.17) is 25.9 Å². The Hall–Kier alpha value is -2.76. The number of hydrogen-bond donors (Lipinski definition) is 2. The minimum Gasteiger partial charge on any atom is -0.494 e. The lowest BCUT2D eigenvalue weighted by Gasteiger charge is -2.10. The quantitative estimate of drug-likeness (QED) is 0.591. The predicted molar refractivity (Wildman–Crippen MR) is 105 cm³/mol. The Kier molecular flexibility index (Phi) is 6.16. The molecule has 0 aliphatic rings.